The van der Waals surface area contributed by atoms with Crippen molar-refractivity contribution in [2.45, 2.75) is 0 Å². The molecule has 2 aromatic carbocycles. The van der Waals surface area contributed by atoms with Crippen molar-refractivity contribution in [1.29, 1.82) is 5.26 Å². The lowest BCUT2D eigenvalue weighted by Crippen LogP contribution is -1.99. The van der Waals surface area contributed by atoms with Crippen LogP contribution in [0.1, 0.15) is 5.56 Å². The van der Waals surface area contributed by atoms with Gasteiger partial charge in [0.2, 0.25) is 0 Å². The van der Waals surface area contributed by atoms with Crippen LogP contribution in [0.25, 0.3) is 0 Å². The van der Waals surface area contributed by atoms with Gasteiger partial charge in [0.15, 0.2) is 0 Å². The van der Waals surface area contributed by atoms with Crippen LogP contribution >= 0.6 is 0 Å². The van der Waals surface area contributed by atoms with Crippen molar-refractivity contribution in [2.24, 2.45) is 0 Å². The van der Waals surface area contributed by atoms with E-state index in [1.54, 1.807) is 50.6 Å². The molecule has 0 aromatic heterocycles. The van der Waals surface area contributed by atoms with Crippen LogP contribution in [0.5, 0.6) is 11.5 Å². The maximum atomic E-state index is 8.94. The molecule has 0 unspecified atom stereocenters. The maximum absolute atomic E-state index is 8.94. The zero-order valence-electron chi connectivity index (χ0n) is 11.3. The summed E-state index contributed by atoms with van der Waals surface area (Å²) < 4.78 is 10.5. The van der Waals surface area contributed by atoms with Crippen molar-refractivity contribution >= 4 is 17.1 Å². The highest BCUT2D eigenvalue weighted by Gasteiger charge is 2.08. The van der Waals surface area contributed by atoms with Crippen molar-refractivity contribution in [3.05, 3.63) is 42.0 Å². The van der Waals surface area contributed by atoms with E-state index in [0.717, 1.165) is 0 Å². The Kier molecular flexibility index (Phi) is 3.96. The lowest BCUT2D eigenvalue weighted by Gasteiger charge is -2.14. The summed E-state index contributed by atoms with van der Waals surface area (Å²) in [5, 5.41) is 12.1. The molecule has 0 atom stereocenters. The average Bonchev–Trinajstić information content (AvgIpc) is 2.49. The molecule has 0 aliphatic rings. The van der Waals surface area contributed by atoms with Crippen LogP contribution in [0.15, 0.2) is 36.4 Å². The number of nitrogens with two attached hydrogens (primary N) is 1. The molecule has 0 bridgehead atoms. The largest absolute Gasteiger partial charge is 0.497 e. The van der Waals surface area contributed by atoms with E-state index in [1.165, 1.54) is 0 Å². The van der Waals surface area contributed by atoms with Crippen LogP contribution in [0.4, 0.5) is 17.1 Å². The minimum atomic E-state index is 0.531. The first-order valence-electron chi connectivity index (χ1n) is 5.96. The van der Waals surface area contributed by atoms with Gasteiger partial charge in [-0.2, -0.15) is 5.26 Å². The minimum absolute atomic E-state index is 0.531. The second kappa shape index (κ2) is 5.85. The van der Waals surface area contributed by atoms with Gasteiger partial charge in [-0.05, 0) is 30.3 Å². The fraction of sp³-hybridized carbons (Fsp3) is 0.133. The molecule has 0 saturated heterocycles. The third-order valence-corrected chi connectivity index (χ3v) is 2.86. The van der Waals surface area contributed by atoms with Crippen molar-refractivity contribution < 1.29 is 9.47 Å². The van der Waals surface area contributed by atoms with Gasteiger partial charge in [0.1, 0.15) is 11.5 Å². The van der Waals surface area contributed by atoms with Gasteiger partial charge in [0.25, 0.3) is 0 Å². The van der Waals surface area contributed by atoms with E-state index in [2.05, 4.69) is 11.4 Å². The van der Waals surface area contributed by atoms with E-state index in [9.17, 15) is 0 Å². The molecule has 0 amide bonds. The molecule has 2 rings (SSSR count). The number of benzene rings is 2. The van der Waals surface area contributed by atoms with Gasteiger partial charge < -0.3 is 20.5 Å². The Morgan fingerprint density at radius 1 is 1.05 bits per heavy atom. The molecule has 0 aliphatic heterocycles. The van der Waals surface area contributed by atoms with Crippen LogP contribution in [-0.2, 0) is 0 Å². The fourth-order valence-corrected chi connectivity index (χ4v) is 1.79. The lowest BCUT2D eigenvalue weighted by molar-refractivity contribution is 0.405. The van der Waals surface area contributed by atoms with Crippen molar-refractivity contribution in [3.63, 3.8) is 0 Å². The highest BCUT2D eigenvalue weighted by molar-refractivity contribution is 5.77. The van der Waals surface area contributed by atoms with E-state index in [4.69, 9.17) is 20.5 Å². The normalized spacial score (nSPS) is 9.65. The molecule has 0 aliphatic carbocycles. The summed E-state index contributed by atoms with van der Waals surface area (Å²) in [7, 11) is 3.18. The second-order valence-electron chi connectivity index (χ2n) is 4.11. The van der Waals surface area contributed by atoms with Crippen molar-refractivity contribution in [3.8, 4) is 17.6 Å². The fourth-order valence-electron chi connectivity index (χ4n) is 1.79. The summed E-state index contributed by atoms with van der Waals surface area (Å²) in [6.07, 6.45) is 0. The average molecular weight is 269 g/mol. The summed E-state index contributed by atoms with van der Waals surface area (Å²) >= 11 is 0. The molecule has 0 spiro atoms. The number of rotatable bonds is 4. The molecular formula is C15H15N3O2. The number of nitrogen functional groups attached to an aromatic ring is 1. The number of anilines is 3. The summed E-state index contributed by atoms with van der Waals surface area (Å²) in [5.41, 5.74) is 8.36. The first-order chi connectivity index (χ1) is 9.67. The Balaban J connectivity index is 2.41. The van der Waals surface area contributed by atoms with Crippen LogP contribution in [0.3, 0.4) is 0 Å². The zero-order valence-corrected chi connectivity index (χ0v) is 11.3. The number of hydrogen-bond donors (Lipinski definition) is 2. The Morgan fingerprint density at radius 2 is 1.85 bits per heavy atom. The summed E-state index contributed by atoms with van der Waals surface area (Å²) in [5.74, 6) is 1.36. The molecule has 20 heavy (non-hydrogen) atoms. The third-order valence-electron chi connectivity index (χ3n) is 2.86. The first-order valence-corrected chi connectivity index (χ1v) is 5.96. The van der Waals surface area contributed by atoms with E-state index in [0.29, 0.717) is 34.1 Å². The first kappa shape index (κ1) is 13.6. The number of hydrogen-bond acceptors (Lipinski definition) is 5. The van der Waals surface area contributed by atoms with Crippen molar-refractivity contribution in [2.75, 3.05) is 25.3 Å². The summed E-state index contributed by atoms with van der Waals surface area (Å²) in [6, 6.07) is 12.5. The van der Waals surface area contributed by atoms with Crippen LogP contribution in [-0.4, -0.2) is 14.2 Å². The molecular weight excluding hydrogens is 254 g/mol. The van der Waals surface area contributed by atoms with Gasteiger partial charge in [-0.15, -0.1) is 0 Å². The van der Waals surface area contributed by atoms with Crippen LogP contribution < -0.4 is 20.5 Å². The Bertz CT molecular complexity index is 663. The molecule has 0 saturated carbocycles. The predicted molar refractivity (Wildman–Crippen MR) is 78.4 cm³/mol. The number of nitrogens with zero attached hydrogens (tertiary/aromatic N) is 1. The molecule has 0 heterocycles. The van der Waals surface area contributed by atoms with E-state index < -0.39 is 0 Å². The van der Waals surface area contributed by atoms with Gasteiger partial charge in [-0.1, -0.05) is 0 Å². The summed E-state index contributed by atoms with van der Waals surface area (Å²) in [4.78, 5) is 0. The van der Waals surface area contributed by atoms with Crippen LogP contribution in [0.2, 0.25) is 0 Å². The van der Waals surface area contributed by atoms with Gasteiger partial charge in [0, 0.05) is 6.07 Å². The summed E-state index contributed by atoms with van der Waals surface area (Å²) in [6.45, 7) is 0. The maximum Gasteiger partial charge on any atom is 0.142 e. The minimum Gasteiger partial charge on any atom is -0.497 e. The Hall–Kier alpha value is -2.87. The molecule has 5 heteroatoms. The monoisotopic (exact) mass is 269 g/mol. The van der Waals surface area contributed by atoms with Gasteiger partial charge in [-0.25, -0.2) is 0 Å². The van der Waals surface area contributed by atoms with Crippen molar-refractivity contribution in [1.82, 2.24) is 0 Å². The Morgan fingerprint density at radius 3 is 2.50 bits per heavy atom. The van der Waals surface area contributed by atoms with E-state index in [1.807, 2.05) is 0 Å². The quantitative estimate of drug-likeness (QED) is 0.834. The Labute approximate surface area is 117 Å². The highest BCUT2D eigenvalue weighted by atomic mass is 16.5. The number of methoxy groups -OCH3 is 2. The number of nitriles is 1. The zero-order chi connectivity index (χ0) is 14.5. The van der Waals surface area contributed by atoms with E-state index >= 15 is 0 Å². The van der Waals surface area contributed by atoms with Gasteiger partial charge >= 0.3 is 0 Å². The molecule has 5 nitrogen and oxygen atoms in total. The van der Waals surface area contributed by atoms with Gasteiger partial charge in [0.05, 0.1) is 42.9 Å². The number of nitrogens with one attached hydrogen (secondary N) is 1. The molecule has 0 fully saturated rings. The molecule has 3 N–H and O–H groups in total. The standard InChI is InChI=1S/C15H15N3O2/c1-19-11-4-6-15(20-2)14(8-11)18-13-7-10(9-16)3-5-12(13)17/h3-8,18H,17H2,1-2H3. The SMILES string of the molecule is COc1ccc(OC)c(Nc2cc(C#N)ccc2N)c1. The highest BCUT2D eigenvalue weighted by Crippen LogP contribution is 2.33. The topological polar surface area (TPSA) is 80.3 Å². The third kappa shape index (κ3) is 2.75. The predicted octanol–water partition coefficient (Wildman–Crippen LogP) is 2.90. The lowest BCUT2D eigenvalue weighted by atomic mass is 10.1. The second-order valence-corrected chi connectivity index (χ2v) is 4.11. The van der Waals surface area contributed by atoms with Gasteiger partial charge in [-0.3, -0.25) is 0 Å². The number of ether oxygens (including phenoxy) is 2. The van der Waals surface area contributed by atoms with E-state index in [-0.39, 0.29) is 0 Å². The molecule has 2 aromatic rings. The smallest absolute Gasteiger partial charge is 0.142 e. The van der Waals surface area contributed by atoms with Crippen LogP contribution in [0, 0.1) is 11.3 Å². The molecule has 0 radical (unpaired) electrons. The molecule has 102 valence electrons.